The number of rotatable bonds is 2. The summed E-state index contributed by atoms with van der Waals surface area (Å²) >= 11 is 0. The molecule has 1 N–H and O–H groups in total. The predicted molar refractivity (Wildman–Crippen MR) is 74.5 cm³/mol. The molecule has 4 heteroatoms. The van der Waals surface area contributed by atoms with E-state index in [0.29, 0.717) is 0 Å². The van der Waals surface area contributed by atoms with E-state index in [-0.39, 0.29) is 12.5 Å². The van der Waals surface area contributed by atoms with Crippen LogP contribution in [-0.2, 0) is 11.2 Å². The minimum absolute atomic E-state index is 0.0658. The molecule has 2 heterocycles. The smallest absolute Gasteiger partial charge is 0.262 e. The molecule has 0 unspecified atom stereocenters. The second-order valence-electron chi connectivity index (χ2n) is 5.62. The van der Waals surface area contributed by atoms with Crippen molar-refractivity contribution in [2.24, 2.45) is 5.92 Å². The van der Waals surface area contributed by atoms with Crippen molar-refractivity contribution in [2.45, 2.75) is 19.3 Å². The molecule has 0 aliphatic carbocycles. The number of benzene rings is 1. The first-order chi connectivity index (χ1) is 9.20. The number of piperidine rings is 1. The summed E-state index contributed by atoms with van der Waals surface area (Å²) in [6, 6.07) is 6.15. The maximum Gasteiger partial charge on any atom is 0.262 e. The van der Waals surface area contributed by atoms with Gasteiger partial charge in [0.05, 0.1) is 5.69 Å². The van der Waals surface area contributed by atoms with Crippen LogP contribution in [0.1, 0.15) is 18.4 Å². The number of hydrogen-bond acceptors (Lipinski definition) is 3. The highest BCUT2D eigenvalue weighted by Crippen LogP contribution is 2.30. The molecule has 19 heavy (non-hydrogen) atoms. The molecule has 102 valence electrons. The summed E-state index contributed by atoms with van der Waals surface area (Å²) < 4.78 is 5.38. The van der Waals surface area contributed by atoms with Gasteiger partial charge in [-0.2, -0.15) is 0 Å². The molecule has 3 rings (SSSR count). The van der Waals surface area contributed by atoms with Gasteiger partial charge < -0.3 is 15.0 Å². The fourth-order valence-electron chi connectivity index (χ4n) is 2.86. The van der Waals surface area contributed by atoms with Crippen LogP contribution >= 0.6 is 0 Å². The van der Waals surface area contributed by atoms with Gasteiger partial charge in [0.15, 0.2) is 6.61 Å². The van der Waals surface area contributed by atoms with Gasteiger partial charge in [0.1, 0.15) is 5.75 Å². The third kappa shape index (κ3) is 2.89. The van der Waals surface area contributed by atoms with Gasteiger partial charge in [-0.05, 0) is 63.0 Å². The van der Waals surface area contributed by atoms with E-state index in [0.717, 1.165) is 23.8 Å². The summed E-state index contributed by atoms with van der Waals surface area (Å²) in [6.07, 6.45) is 3.61. The number of fused-ring (bicyclic) bond motifs is 1. The van der Waals surface area contributed by atoms with E-state index in [9.17, 15) is 4.79 Å². The molecule has 2 aliphatic heterocycles. The van der Waals surface area contributed by atoms with Crippen molar-refractivity contribution in [2.75, 3.05) is 32.1 Å². The zero-order chi connectivity index (χ0) is 13.2. The van der Waals surface area contributed by atoms with Crippen LogP contribution in [0.5, 0.6) is 5.75 Å². The molecule has 1 aromatic carbocycles. The van der Waals surface area contributed by atoms with Crippen molar-refractivity contribution in [3.8, 4) is 5.75 Å². The van der Waals surface area contributed by atoms with Crippen molar-refractivity contribution < 1.29 is 9.53 Å². The molecular weight excluding hydrogens is 240 g/mol. The quantitative estimate of drug-likeness (QED) is 0.883. The SMILES string of the molecule is CN1CCC(Cc2ccc3c(c2)NC(=O)CO3)CC1. The van der Waals surface area contributed by atoms with Gasteiger partial charge in [0, 0.05) is 0 Å². The summed E-state index contributed by atoms with van der Waals surface area (Å²) in [4.78, 5) is 13.7. The zero-order valence-electron chi connectivity index (χ0n) is 11.3. The second kappa shape index (κ2) is 5.21. The Morgan fingerprint density at radius 1 is 1.37 bits per heavy atom. The van der Waals surface area contributed by atoms with Crippen LogP contribution in [0, 0.1) is 5.92 Å². The molecule has 0 bridgehead atoms. The molecule has 1 amide bonds. The molecule has 1 fully saturated rings. The van der Waals surface area contributed by atoms with Crippen LogP contribution in [0.25, 0.3) is 0 Å². The maximum absolute atomic E-state index is 11.3. The van der Waals surface area contributed by atoms with Crippen LogP contribution in [-0.4, -0.2) is 37.6 Å². The highest BCUT2D eigenvalue weighted by molar-refractivity contribution is 5.95. The standard InChI is InChI=1S/C15H20N2O2/c1-17-6-4-11(5-7-17)8-12-2-3-14-13(9-12)16-15(18)10-19-14/h2-3,9,11H,4-8,10H2,1H3,(H,16,18). The fraction of sp³-hybridized carbons (Fsp3) is 0.533. The van der Waals surface area contributed by atoms with Gasteiger partial charge in [-0.3, -0.25) is 4.79 Å². The van der Waals surface area contributed by atoms with Gasteiger partial charge in [0.2, 0.25) is 0 Å². The van der Waals surface area contributed by atoms with Crippen LogP contribution in [0.4, 0.5) is 5.69 Å². The Morgan fingerprint density at radius 3 is 2.95 bits per heavy atom. The topological polar surface area (TPSA) is 41.6 Å². The summed E-state index contributed by atoms with van der Waals surface area (Å²) in [5.74, 6) is 1.48. The van der Waals surface area contributed by atoms with Crippen molar-refractivity contribution in [1.82, 2.24) is 4.90 Å². The second-order valence-corrected chi connectivity index (χ2v) is 5.62. The number of ether oxygens (including phenoxy) is 1. The lowest BCUT2D eigenvalue weighted by molar-refractivity contribution is -0.118. The molecule has 2 aliphatic rings. The molecular formula is C15H20N2O2. The van der Waals surface area contributed by atoms with E-state index >= 15 is 0 Å². The first-order valence-corrected chi connectivity index (χ1v) is 6.95. The molecule has 1 aromatic rings. The Balaban J connectivity index is 1.68. The van der Waals surface area contributed by atoms with Crippen molar-refractivity contribution in [3.05, 3.63) is 23.8 Å². The lowest BCUT2D eigenvalue weighted by Crippen LogP contribution is -2.31. The van der Waals surface area contributed by atoms with E-state index < -0.39 is 0 Å². The Morgan fingerprint density at radius 2 is 2.16 bits per heavy atom. The largest absolute Gasteiger partial charge is 0.482 e. The van der Waals surface area contributed by atoms with Crippen LogP contribution in [0.15, 0.2) is 18.2 Å². The lowest BCUT2D eigenvalue weighted by atomic mass is 9.90. The number of nitrogens with one attached hydrogen (secondary N) is 1. The van der Waals surface area contributed by atoms with Crippen LogP contribution < -0.4 is 10.1 Å². The Bertz CT molecular complexity index is 479. The molecule has 0 saturated carbocycles. The number of amides is 1. The van der Waals surface area contributed by atoms with Gasteiger partial charge in [-0.25, -0.2) is 0 Å². The molecule has 0 radical (unpaired) electrons. The lowest BCUT2D eigenvalue weighted by Gasteiger charge is -2.29. The average Bonchev–Trinajstić information content (AvgIpc) is 2.41. The van der Waals surface area contributed by atoms with E-state index in [1.807, 2.05) is 6.07 Å². The van der Waals surface area contributed by atoms with Crippen molar-refractivity contribution in [3.63, 3.8) is 0 Å². The zero-order valence-corrected chi connectivity index (χ0v) is 11.3. The van der Waals surface area contributed by atoms with Crippen LogP contribution in [0.2, 0.25) is 0 Å². The number of likely N-dealkylation sites (tertiary alicyclic amines) is 1. The molecule has 0 spiro atoms. The average molecular weight is 260 g/mol. The summed E-state index contributed by atoms with van der Waals surface area (Å²) in [7, 11) is 2.18. The Hall–Kier alpha value is -1.55. The summed E-state index contributed by atoms with van der Waals surface area (Å²) in [6.45, 7) is 2.51. The summed E-state index contributed by atoms with van der Waals surface area (Å²) in [5.41, 5.74) is 2.11. The minimum Gasteiger partial charge on any atom is -0.482 e. The molecule has 0 atom stereocenters. The number of carbonyl (C=O) groups is 1. The first kappa shape index (κ1) is 12.5. The number of anilines is 1. The van der Waals surface area contributed by atoms with Gasteiger partial charge in [-0.15, -0.1) is 0 Å². The number of nitrogens with zero attached hydrogens (tertiary/aromatic N) is 1. The molecule has 0 aromatic heterocycles. The Labute approximate surface area is 113 Å². The van der Waals surface area contributed by atoms with E-state index in [2.05, 4.69) is 29.4 Å². The van der Waals surface area contributed by atoms with E-state index in [1.54, 1.807) is 0 Å². The highest BCUT2D eigenvalue weighted by atomic mass is 16.5. The first-order valence-electron chi connectivity index (χ1n) is 6.95. The normalized spacial score (nSPS) is 20.6. The monoisotopic (exact) mass is 260 g/mol. The Kier molecular flexibility index (Phi) is 3.42. The van der Waals surface area contributed by atoms with Crippen molar-refractivity contribution in [1.29, 1.82) is 0 Å². The van der Waals surface area contributed by atoms with Crippen molar-refractivity contribution >= 4 is 11.6 Å². The van der Waals surface area contributed by atoms with Gasteiger partial charge in [0.25, 0.3) is 5.91 Å². The number of hydrogen-bond donors (Lipinski definition) is 1. The third-order valence-corrected chi connectivity index (χ3v) is 4.04. The van der Waals surface area contributed by atoms with Crippen LogP contribution in [0.3, 0.4) is 0 Å². The summed E-state index contributed by atoms with van der Waals surface area (Å²) in [5, 5.41) is 2.87. The minimum atomic E-state index is -0.0658. The molecule has 4 nitrogen and oxygen atoms in total. The van der Waals surface area contributed by atoms with E-state index in [4.69, 9.17) is 4.74 Å². The number of carbonyl (C=O) groups excluding carboxylic acids is 1. The fourth-order valence-corrected chi connectivity index (χ4v) is 2.86. The van der Waals surface area contributed by atoms with Gasteiger partial charge >= 0.3 is 0 Å². The maximum atomic E-state index is 11.3. The third-order valence-electron chi connectivity index (χ3n) is 4.04. The van der Waals surface area contributed by atoms with Gasteiger partial charge in [-0.1, -0.05) is 6.07 Å². The predicted octanol–water partition coefficient (Wildman–Crippen LogP) is 1.90. The molecule has 1 saturated heterocycles. The van der Waals surface area contributed by atoms with E-state index in [1.165, 1.54) is 31.5 Å². The highest BCUT2D eigenvalue weighted by Gasteiger charge is 2.19.